The van der Waals surface area contributed by atoms with E-state index in [0.29, 0.717) is 24.7 Å². The Morgan fingerprint density at radius 2 is 2.31 bits per heavy atom. The highest BCUT2D eigenvalue weighted by atomic mass is 35.5. The number of nitrogens with zero attached hydrogens (tertiary/aromatic N) is 2. The Morgan fingerprint density at radius 1 is 1.62 bits per heavy atom. The summed E-state index contributed by atoms with van der Waals surface area (Å²) >= 11 is 0. The lowest BCUT2D eigenvalue weighted by Crippen LogP contribution is -2.05. The summed E-state index contributed by atoms with van der Waals surface area (Å²) in [6, 6.07) is -0.200. The second kappa shape index (κ2) is 5.90. The zero-order chi connectivity index (χ0) is 8.97. The summed E-state index contributed by atoms with van der Waals surface area (Å²) in [5.74, 6) is 1.12. The number of nitrogens with two attached hydrogens (primary N) is 1. The first-order valence-electron chi connectivity index (χ1n) is 3.81. The SMILES string of the molecule is COCCc1noc(C(C)N)n1.Cl. The highest BCUT2D eigenvalue weighted by Gasteiger charge is 2.08. The van der Waals surface area contributed by atoms with Crippen molar-refractivity contribution in [3.63, 3.8) is 0 Å². The number of hydrogen-bond acceptors (Lipinski definition) is 5. The van der Waals surface area contributed by atoms with Gasteiger partial charge >= 0.3 is 0 Å². The van der Waals surface area contributed by atoms with Gasteiger partial charge in [0, 0.05) is 13.5 Å². The van der Waals surface area contributed by atoms with E-state index >= 15 is 0 Å². The van der Waals surface area contributed by atoms with Crippen molar-refractivity contribution in [2.45, 2.75) is 19.4 Å². The van der Waals surface area contributed by atoms with Crippen molar-refractivity contribution in [1.29, 1.82) is 0 Å². The van der Waals surface area contributed by atoms with Crippen molar-refractivity contribution in [2.24, 2.45) is 5.73 Å². The monoisotopic (exact) mass is 207 g/mol. The minimum Gasteiger partial charge on any atom is -0.384 e. The average Bonchev–Trinajstić information content (AvgIpc) is 2.48. The van der Waals surface area contributed by atoms with Crippen LogP contribution in [0.3, 0.4) is 0 Å². The molecule has 1 unspecified atom stereocenters. The number of ether oxygens (including phenoxy) is 1. The standard InChI is InChI=1S/C7H13N3O2.ClH/c1-5(8)7-9-6(10-12-7)3-4-11-2;/h5H,3-4,8H2,1-2H3;1H. The molecule has 0 saturated carbocycles. The summed E-state index contributed by atoms with van der Waals surface area (Å²) < 4.78 is 9.74. The van der Waals surface area contributed by atoms with Gasteiger partial charge in [0.15, 0.2) is 5.82 Å². The Kier molecular flexibility index (Phi) is 5.61. The molecule has 13 heavy (non-hydrogen) atoms. The Labute approximate surface area is 83.0 Å². The maximum atomic E-state index is 5.53. The predicted octanol–water partition coefficient (Wildman–Crippen LogP) is 0.700. The van der Waals surface area contributed by atoms with Crippen LogP contribution in [0.15, 0.2) is 4.52 Å². The van der Waals surface area contributed by atoms with E-state index < -0.39 is 0 Å². The van der Waals surface area contributed by atoms with Crippen LogP contribution in [0.1, 0.15) is 24.7 Å². The molecule has 2 N–H and O–H groups in total. The summed E-state index contributed by atoms with van der Waals surface area (Å²) in [7, 11) is 1.63. The minimum atomic E-state index is -0.200. The maximum Gasteiger partial charge on any atom is 0.243 e. The first-order valence-corrected chi connectivity index (χ1v) is 3.81. The quantitative estimate of drug-likeness (QED) is 0.787. The van der Waals surface area contributed by atoms with E-state index in [1.165, 1.54) is 0 Å². The molecule has 1 atom stereocenters. The molecule has 0 amide bonds. The first-order chi connectivity index (χ1) is 5.74. The van der Waals surface area contributed by atoms with Crippen LogP contribution in [-0.2, 0) is 11.2 Å². The van der Waals surface area contributed by atoms with Crippen molar-refractivity contribution in [1.82, 2.24) is 10.1 Å². The van der Waals surface area contributed by atoms with Gasteiger partial charge < -0.3 is 15.0 Å². The lowest BCUT2D eigenvalue weighted by Gasteiger charge is -1.93. The van der Waals surface area contributed by atoms with E-state index in [9.17, 15) is 0 Å². The zero-order valence-corrected chi connectivity index (χ0v) is 8.50. The second-order valence-corrected chi connectivity index (χ2v) is 2.58. The first kappa shape index (κ1) is 12.3. The van der Waals surface area contributed by atoms with Gasteiger partial charge in [-0.05, 0) is 6.92 Å². The van der Waals surface area contributed by atoms with Gasteiger partial charge in [0.2, 0.25) is 5.89 Å². The zero-order valence-electron chi connectivity index (χ0n) is 7.69. The Hall–Kier alpha value is -0.650. The van der Waals surface area contributed by atoms with Crippen LogP contribution in [0.2, 0.25) is 0 Å². The fourth-order valence-corrected chi connectivity index (χ4v) is 0.747. The summed E-state index contributed by atoms with van der Waals surface area (Å²) in [4.78, 5) is 4.06. The second-order valence-electron chi connectivity index (χ2n) is 2.58. The van der Waals surface area contributed by atoms with Gasteiger partial charge in [0.05, 0.1) is 12.6 Å². The van der Waals surface area contributed by atoms with Gasteiger partial charge in [-0.25, -0.2) is 0 Å². The van der Waals surface area contributed by atoms with Crippen LogP contribution in [-0.4, -0.2) is 23.9 Å². The number of rotatable bonds is 4. The Balaban J connectivity index is 0.00000144. The third kappa shape index (κ3) is 3.71. The van der Waals surface area contributed by atoms with Crippen LogP contribution in [0, 0.1) is 0 Å². The molecule has 0 radical (unpaired) electrons. The number of aromatic nitrogens is 2. The lowest BCUT2D eigenvalue weighted by atomic mass is 10.3. The third-order valence-corrected chi connectivity index (χ3v) is 1.40. The summed E-state index contributed by atoms with van der Waals surface area (Å²) in [5, 5.41) is 3.73. The molecule has 1 rings (SSSR count). The molecule has 0 spiro atoms. The minimum absolute atomic E-state index is 0. The molecule has 0 saturated heterocycles. The molecule has 0 aromatic carbocycles. The average molecular weight is 208 g/mol. The molecule has 76 valence electrons. The Bertz CT molecular complexity index is 239. The van der Waals surface area contributed by atoms with Crippen molar-refractivity contribution in [2.75, 3.05) is 13.7 Å². The fraction of sp³-hybridized carbons (Fsp3) is 0.714. The van der Waals surface area contributed by atoms with Crippen LogP contribution < -0.4 is 5.73 Å². The summed E-state index contributed by atoms with van der Waals surface area (Å²) in [6.45, 7) is 2.39. The van der Waals surface area contributed by atoms with E-state index in [0.717, 1.165) is 0 Å². The predicted molar refractivity (Wildman–Crippen MR) is 49.7 cm³/mol. The molecular weight excluding hydrogens is 194 g/mol. The summed E-state index contributed by atoms with van der Waals surface area (Å²) in [5.41, 5.74) is 5.53. The molecule has 1 aromatic rings. The van der Waals surface area contributed by atoms with Gasteiger partial charge in [-0.3, -0.25) is 0 Å². The largest absolute Gasteiger partial charge is 0.384 e. The van der Waals surface area contributed by atoms with E-state index in [1.807, 2.05) is 0 Å². The molecular formula is C7H14ClN3O2. The van der Waals surface area contributed by atoms with E-state index in [4.69, 9.17) is 15.0 Å². The van der Waals surface area contributed by atoms with Gasteiger partial charge in [-0.2, -0.15) is 4.98 Å². The highest BCUT2D eigenvalue weighted by Crippen LogP contribution is 2.05. The maximum absolute atomic E-state index is 5.53. The molecule has 1 aromatic heterocycles. The summed E-state index contributed by atoms with van der Waals surface area (Å²) in [6.07, 6.45) is 0.659. The van der Waals surface area contributed by atoms with Crippen LogP contribution in [0.5, 0.6) is 0 Å². The van der Waals surface area contributed by atoms with E-state index in [1.54, 1.807) is 14.0 Å². The van der Waals surface area contributed by atoms with Crippen molar-refractivity contribution in [3.8, 4) is 0 Å². The van der Waals surface area contributed by atoms with Crippen molar-refractivity contribution in [3.05, 3.63) is 11.7 Å². The molecule has 0 aliphatic rings. The van der Waals surface area contributed by atoms with Gasteiger partial charge in [0.25, 0.3) is 0 Å². The highest BCUT2D eigenvalue weighted by molar-refractivity contribution is 5.85. The van der Waals surface area contributed by atoms with Crippen LogP contribution in [0.25, 0.3) is 0 Å². The number of hydrogen-bond donors (Lipinski definition) is 1. The molecule has 6 heteroatoms. The number of methoxy groups -OCH3 is 1. The van der Waals surface area contributed by atoms with Gasteiger partial charge in [-0.1, -0.05) is 5.16 Å². The smallest absolute Gasteiger partial charge is 0.243 e. The number of halogens is 1. The molecule has 0 aliphatic heterocycles. The normalized spacial score (nSPS) is 12.2. The van der Waals surface area contributed by atoms with Crippen LogP contribution in [0.4, 0.5) is 0 Å². The van der Waals surface area contributed by atoms with Crippen molar-refractivity contribution < 1.29 is 9.26 Å². The van der Waals surface area contributed by atoms with E-state index in [2.05, 4.69) is 10.1 Å². The molecule has 0 bridgehead atoms. The molecule has 0 aliphatic carbocycles. The topological polar surface area (TPSA) is 74.2 Å². The molecule has 0 fully saturated rings. The molecule has 1 heterocycles. The lowest BCUT2D eigenvalue weighted by molar-refractivity contribution is 0.199. The van der Waals surface area contributed by atoms with Gasteiger partial charge in [0.1, 0.15) is 0 Å². The van der Waals surface area contributed by atoms with Gasteiger partial charge in [-0.15, -0.1) is 12.4 Å². The van der Waals surface area contributed by atoms with Crippen molar-refractivity contribution >= 4 is 12.4 Å². The molecule has 5 nitrogen and oxygen atoms in total. The third-order valence-electron chi connectivity index (χ3n) is 1.40. The fourth-order valence-electron chi connectivity index (χ4n) is 0.747. The van der Waals surface area contributed by atoms with E-state index in [-0.39, 0.29) is 18.4 Å². The van der Waals surface area contributed by atoms with Crippen LogP contribution >= 0.6 is 12.4 Å². The Morgan fingerprint density at radius 3 is 2.77 bits per heavy atom.